The first-order chi connectivity index (χ1) is 12.6. The Kier molecular flexibility index (Phi) is 5.93. The summed E-state index contributed by atoms with van der Waals surface area (Å²) in [7, 11) is 1.61. The van der Waals surface area contributed by atoms with Crippen LogP contribution >= 0.6 is 0 Å². The number of aryl methyl sites for hydroxylation is 1. The fraction of sp³-hybridized carbons (Fsp3) is 0.722. The van der Waals surface area contributed by atoms with Gasteiger partial charge in [-0.3, -0.25) is 13.9 Å². The van der Waals surface area contributed by atoms with E-state index >= 15 is 0 Å². The number of imidazole rings is 1. The van der Waals surface area contributed by atoms with Crippen LogP contribution < -0.4 is 11.2 Å². The minimum atomic E-state index is -0.275. The highest BCUT2D eigenvalue weighted by molar-refractivity contribution is 5.70. The summed E-state index contributed by atoms with van der Waals surface area (Å²) >= 11 is 0. The van der Waals surface area contributed by atoms with Gasteiger partial charge in [0.2, 0.25) is 0 Å². The minimum Gasteiger partial charge on any atom is -0.359 e. The highest BCUT2D eigenvalue weighted by atomic mass is 16.7. The lowest BCUT2D eigenvalue weighted by Crippen LogP contribution is -2.40. The summed E-state index contributed by atoms with van der Waals surface area (Å²) in [5.41, 5.74) is 0.369. The monoisotopic (exact) mass is 364 g/mol. The second kappa shape index (κ2) is 8.18. The van der Waals surface area contributed by atoms with Gasteiger partial charge >= 0.3 is 5.69 Å². The van der Waals surface area contributed by atoms with Gasteiger partial charge in [-0.15, -0.1) is 0 Å². The van der Waals surface area contributed by atoms with E-state index in [9.17, 15) is 9.59 Å². The van der Waals surface area contributed by atoms with Gasteiger partial charge in [0, 0.05) is 26.1 Å². The lowest BCUT2D eigenvalue weighted by Gasteiger charge is -2.10. The van der Waals surface area contributed by atoms with E-state index in [-0.39, 0.29) is 30.1 Å². The average molecular weight is 364 g/mol. The third-order valence-electron chi connectivity index (χ3n) is 4.97. The molecule has 1 fully saturated rings. The Balaban J connectivity index is 2.00. The molecular formula is C18H28N4O4. The van der Waals surface area contributed by atoms with Gasteiger partial charge in [-0.2, -0.15) is 0 Å². The van der Waals surface area contributed by atoms with Crippen LogP contribution in [-0.4, -0.2) is 39.1 Å². The summed E-state index contributed by atoms with van der Waals surface area (Å²) in [4.78, 5) is 33.4. The van der Waals surface area contributed by atoms with Crippen molar-refractivity contribution in [2.45, 2.75) is 71.1 Å². The minimum absolute atomic E-state index is 0.141. The van der Waals surface area contributed by atoms with Gasteiger partial charge in [0.05, 0.1) is 6.10 Å². The molecule has 0 amide bonds. The summed E-state index contributed by atoms with van der Waals surface area (Å²) in [6, 6.07) is 0. The largest absolute Gasteiger partial charge is 0.359 e. The van der Waals surface area contributed by atoms with Crippen molar-refractivity contribution in [2.75, 3.05) is 13.9 Å². The van der Waals surface area contributed by atoms with Crippen LogP contribution in [0.4, 0.5) is 0 Å². The maximum absolute atomic E-state index is 12.8. The van der Waals surface area contributed by atoms with Crippen LogP contribution in [0.5, 0.6) is 0 Å². The van der Waals surface area contributed by atoms with Gasteiger partial charge in [0.15, 0.2) is 5.65 Å². The predicted molar refractivity (Wildman–Crippen MR) is 98.5 cm³/mol. The highest BCUT2D eigenvalue weighted by Gasteiger charge is 2.29. The zero-order valence-electron chi connectivity index (χ0n) is 15.8. The molecule has 3 rings (SSSR count). The number of aromatic nitrogens is 4. The Hall–Kier alpha value is -1.93. The van der Waals surface area contributed by atoms with Crippen LogP contribution in [0.15, 0.2) is 9.59 Å². The third-order valence-corrected chi connectivity index (χ3v) is 4.97. The lowest BCUT2D eigenvalue weighted by atomic mass is 10.1. The molecule has 0 aromatic carbocycles. The van der Waals surface area contributed by atoms with Crippen LogP contribution in [0.2, 0.25) is 0 Å². The van der Waals surface area contributed by atoms with Crippen molar-refractivity contribution in [1.82, 2.24) is 19.1 Å². The highest BCUT2D eigenvalue weighted by Crippen LogP contribution is 2.35. The van der Waals surface area contributed by atoms with E-state index < -0.39 is 0 Å². The Labute approximate surface area is 152 Å². The number of hydrogen-bond acceptors (Lipinski definition) is 5. The van der Waals surface area contributed by atoms with Gasteiger partial charge in [-0.1, -0.05) is 13.8 Å². The molecule has 8 nitrogen and oxygen atoms in total. The molecule has 26 heavy (non-hydrogen) atoms. The Morgan fingerprint density at radius 2 is 1.88 bits per heavy atom. The number of fused-ring (bicyclic) bond motifs is 1. The third kappa shape index (κ3) is 3.48. The van der Waals surface area contributed by atoms with E-state index in [1.54, 1.807) is 11.7 Å². The van der Waals surface area contributed by atoms with Crippen LogP contribution in [-0.2, 0) is 22.6 Å². The zero-order chi connectivity index (χ0) is 18.7. The Morgan fingerprint density at radius 3 is 2.58 bits per heavy atom. The molecule has 1 aliphatic carbocycles. The molecule has 2 aromatic heterocycles. The molecule has 2 heterocycles. The Bertz CT molecular complexity index is 866. The standard InChI is InChI=1S/C18H28N4O4/c1-4-8-21-16-14(17(23)22(9-5-2)18(21)24)19-15(20-16)12-6-7-13(10-12)26-11-25-3/h12-13H,4-11H2,1-3H3,(H,19,20). The van der Waals surface area contributed by atoms with E-state index in [1.807, 2.05) is 13.8 Å². The van der Waals surface area contributed by atoms with E-state index in [4.69, 9.17) is 9.47 Å². The normalized spacial score (nSPS) is 20.3. The van der Waals surface area contributed by atoms with E-state index in [1.165, 1.54) is 4.57 Å². The summed E-state index contributed by atoms with van der Waals surface area (Å²) in [5, 5.41) is 0. The summed E-state index contributed by atoms with van der Waals surface area (Å²) < 4.78 is 13.6. The molecule has 1 saturated carbocycles. The van der Waals surface area contributed by atoms with E-state index in [0.29, 0.717) is 24.3 Å². The van der Waals surface area contributed by atoms with Crippen LogP contribution in [0.1, 0.15) is 57.7 Å². The fourth-order valence-electron chi connectivity index (χ4n) is 3.73. The van der Waals surface area contributed by atoms with Crippen molar-refractivity contribution in [1.29, 1.82) is 0 Å². The maximum atomic E-state index is 12.8. The number of hydrogen-bond donors (Lipinski definition) is 1. The van der Waals surface area contributed by atoms with Gasteiger partial charge in [-0.25, -0.2) is 9.78 Å². The van der Waals surface area contributed by atoms with Crippen LogP contribution in [0.25, 0.3) is 11.2 Å². The number of H-pyrrole nitrogens is 1. The number of rotatable bonds is 8. The van der Waals surface area contributed by atoms with Gasteiger partial charge < -0.3 is 14.5 Å². The molecule has 8 heteroatoms. The summed E-state index contributed by atoms with van der Waals surface area (Å²) in [6.45, 7) is 5.22. The van der Waals surface area contributed by atoms with Crippen molar-refractivity contribution < 1.29 is 9.47 Å². The van der Waals surface area contributed by atoms with E-state index in [2.05, 4.69) is 9.97 Å². The number of nitrogens with zero attached hydrogens (tertiary/aromatic N) is 3. The smallest absolute Gasteiger partial charge is 0.332 e. The molecule has 0 aliphatic heterocycles. The van der Waals surface area contributed by atoms with Gasteiger partial charge in [0.1, 0.15) is 18.1 Å². The van der Waals surface area contributed by atoms with Crippen molar-refractivity contribution in [2.24, 2.45) is 0 Å². The number of ether oxygens (including phenoxy) is 2. The number of methoxy groups -OCH3 is 1. The molecule has 2 aromatic rings. The van der Waals surface area contributed by atoms with Gasteiger partial charge in [-0.05, 0) is 32.1 Å². The van der Waals surface area contributed by atoms with Gasteiger partial charge in [0.25, 0.3) is 5.56 Å². The average Bonchev–Trinajstić information content (AvgIpc) is 3.27. The second-order valence-corrected chi connectivity index (χ2v) is 6.92. The SMILES string of the molecule is CCCn1c(=O)c2[nH]c(C3CCC(OCOC)C3)nc2n(CCC)c1=O. The first-order valence-corrected chi connectivity index (χ1v) is 9.44. The molecule has 0 saturated heterocycles. The fourth-order valence-corrected chi connectivity index (χ4v) is 3.73. The summed E-state index contributed by atoms with van der Waals surface area (Å²) in [5.74, 6) is 0.979. The Morgan fingerprint density at radius 1 is 1.15 bits per heavy atom. The molecule has 1 aliphatic rings. The first-order valence-electron chi connectivity index (χ1n) is 9.44. The maximum Gasteiger partial charge on any atom is 0.332 e. The molecule has 0 bridgehead atoms. The quantitative estimate of drug-likeness (QED) is 0.723. The lowest BCUT2D eigenvalue weighted by molar-refractivity contribution is -0.0691. The number of nitrogens with one attached hydrogen (secondary N) is 1. The van der Waals surface area contributed by atoms with Crippen molar-refractivity contribution in [3.63, 3.8) is 0 Å². The molecule has 2 atom stereocenters. The van der Waals surface area contributed by atoms with Crippen molar-refractivity contribution >= 4 is 11.2 Å². The zero-order valence-corrected chi connectivity index (χ0v) is 15.8. The molecule has 2 unspecified atom stereocenters. The van der Waals surface area contributed by atoms with Crippen molar-refractivity contribution in [3.8, 4) is 0 Å². The topological polar surface area (TPSA) is 91.1 Å². The molecule has 144 valence electrons. The predicted octanol–water partition coefficient (Wildman–Crippen LogP) is 1.96. The second-order valence-electron chi connectivity index (χ2n) is 6.92. The van der Waals surface area contributed by atoms with Crippen LogP contribution in [0.3, 0.4) is 0 Å². The van der Waals surface area contributed by atoms with Crippen LogP contribution in [0, 0.1) is 0 Å². The molecule has 0 spiro atoms. The molecule has 1 N–H and O–H groups in total. The molecule has 0 radical (unpaired) electrons. The summed E-state index contributed by atoms with van der Waals surface area (Å²) in [6.07, 6.45) is 4.39. The first kappa shape index (κ1) is 18.8. The number of aromatic amines is 1. The van der Waals surface area contributed by atoms with Crippen molar-refractivity contribution in [3.05, 3.63) is 26.7 Å². The molecular weight excluding hydrogens is 336 g/mol. The van der Waals surface area contributed by atoms with E-state index in [0.717, 1.165) is 37.9 Å².